The lowest BCUT2D eigenvalue weighted by atomic mass is 9.82. The van der Waals surface area contributed by atoms with Crippen LogP contribution in [0.1, 0.15) is 45.0 Å². The maximum Gasteiger partial charge on any atom is 0.161 e. The van der Waals surface area contributed by atoms with Crippen molar-refractivity contribution in [2.75, 3.05) is 6.54 Å². The fourth-order valence-electron chi connectivity index (χ4n) is 4.74. The number of phenolic OH excluding ortho intramolecular Hbond substituents is 1. The van der Waals surface area contributed by atoms with Gasteiger partial charge >= 0.3 is 0 Å². The van der Waals surface area contributed by atoms with Crippen LogP contribution in [0.5, 0.6) is 11.5 Å². The van der Waals surface area contributed by atoms with Crippen LogP contribution < -0.4 is 4.74 Å². The van der Waals surface area contributed by atoms with E-state index in [0.717, 1.165) is 31.5 Å². The van der Waals surface area contributed by atoms with E-state index in [1.807, 2.05) is 42.5 Å². The molecular weight excluding hydrogens is 358 g/mol. The van der Waals surface area contributed by atoms with Crippen molar-refractivity contribution in [1.29, 1.82) is 0 Å². The molecule has 0 amide bonds. The van der Waals surface area contributed by atoms with Crippen molar-refractivity contribution in [2.45, 2.75) is 45.9 Å². The summed E-state index contributed by atoms with van der Waals surface area (Å²) in [6.45, 7) is 6.86. The highest BCUT2D eigenvalue weighted by atomic mass is 16.5. The SMILES string of the molecule is Cc1cc2c(cc1C)C1Cc3cc(O)c(OCc4ccccc4)cc3CN1CC2. The van der Waals surface area contributed by atoms with E-state index in [9.17, 15) is 5.11 Å². The number of phenols is 1. The minimum absolute atomic E-state index is 0.240. The van der Waals surface area contributed by atoms with E-state index in [4.69, 9.17) is 4.74 Å². The van der Waals surface area contributed by atoms with Gasteiger partial charge in [-0.25, -0.2) is 0 Å². The number of hydrogen-bond donors (Lipinski definition) is 1. The van der Waals surface area contributed by atoms with Gasteiger partial charge in [0.1, 0.15) is 6.61 Å². The molecule has 3 heteroatoms. The summed E-state index contributed by atoms with van der Waals surface area (Å²) < 4.78 is 5.94. The van der Waals surface area contributed by atoms with Gasteiger partial charge in [0.05, 0.1) is 0 Å². The molecule has 0 spiro atoms. The first kappa shape index (κ1) is 18.3. The maximum atomic E-state index is 10.6. The molecule has 2 aliphatic heterocycles. The van der Waals surface area contributed by atoms with Gasteiger partial charge in [-0.2, -0.15) is 0 Å². The molecule has 2 heterocycles. The Balaban J connectivity index is 1.42. The lowest BCUT2D eigenvalue weighted by Crippen LogP contribution is -2.39. The third-order valence-electron chi connectivity index (χ3n) is 6.53. The molecule has 0 saturated heterocycles. The highest BCUT2D eigenvalue weighted by Gasteiger charge is 2.33. The van der Waals surface area contributed by atoms with Crippen LogP contribution in [0, 0.1) is 13.8 Å². The standard InChI is InChI=1S/C26H27NO2/c1-17-10-20-8-9-27-15-22-14-26(29-16-19-6-4-3-5-7-19)25(28)13-21(22)12-24(27)23(20)11-18(17)2/h3-7,10-11,13-14,24,28H,8-9,12,15-16H2,1-2H3. The lowest BCUT2D eigenvalue weighted by molar-refractivity contribution is 0.160. The van der Waals surface area contributed by atoms with Crippen molar-refractivity contribution in [2.24, 2.45) is 0 Å². The fourth-order valence-corrected chi connectivity index (χ4v) is 4.74. The number of aromatic hydroxyl groups is 1. The van der Waals surface area contributed by atoms with Crippen LogP contribution in [0.4, 0.5) is 0 Å². The molecule has 0 fully saturated rings. The van der Waals surface area contributed by atoms with Gasteiger partial charge in [-0.05, 0) is 77.8 Å². The Morgan fingerprint density at radius 3 is 2.59 bits per heavy atom. The Labute approximate surface area is 172 Å². The average Bonchev–Trinajstić information content (AvgIpc) is 2.73. The van der Waals surface area contributed by atoms with Gasteiger partial charge in [-0.3, -0.25) is 4.90 Å². The lowest BCUT2D eigenvalue weighted by Gasteiger charge is -2.42. The van der Waals surface area contributed by atoms with Crippen LogP contribution in [0.15, 0.2) is 54.6 Å². The smallest absolute Gasteiger partial charge is 0.161 e. The Morgan fingerprint density at radius 2 is 1.76 bits per heavy atom. The summed E-state index contributed by atoms with van der Waals surface area (Å²) in [6.07, 6.45) is 2.05. The molecule has 0 aromatic heterocycles. The van der Waals surface area contributed by atoms with E-state index in [0.29, 0.717) is 18.4 Å². The van der Waals surface area contributed by atoms with Crippen LogP contribution in [0.2, 0.25) is 0 Å². The van der Waals surface area contributed by atoms with Gasteiger partial charge in [0.2, 0.25) is 0 Å². The van der Waals surface area contributed by atoms with Crippen LogP contribution in [0.25, 0.3) is 0 Å². The molecule has 1 unspecified atom stereocenters. The number of hydrogen-bond acceptors (Lipinski definition) is 3. The first-order valence-electron chi connectivity index (χ1n) is 10.4. The minimum atomic E-state index is 0.240. The number of rotatable bonds is 3. The molecule has 3 aromatic rings. The van der Waals surface area contributed by atoms with Crippen molar-refractivity contribution < 1.29 is 9.84 Å². The van der Waals surface area contributed by atoms with E-state index in [2.05, 4.69) is 30.9 Å². The number of ether oxygens (including phenoxy) is 1. The quantitative estimate of drug-likeness (QED) is 0.669. The molecule has 1 atom stereocenters. The minimum Gasteiger partial charge on any atom is -0.504 e. The second kappa shape index (κ2) is 7.23. The summed E-state index contributed by atoms with van der Waals surface area (Å²) in [6, 6.07) is 19.2. The zero-order chi connectivity index (χ0) is 20.0. The molecule has 29 heavy (non-hydrogen) atoms. The van der Waals surface area contributed by atoms with Crippen LogP contribution in [0.3, 0.4) is 0 Å². The van der Waals surface area contributed by atoms with Gasteiger partial charge < -0.3 is 9.84 Å². The summed E-state index contributed by atoms with van der Waals surface area (Å²) >= 11 is 0. The topological polar surface area (TPSA) is 32.7 Å². The molecule has 0 aliphatic carbocycles. The summed E-state index contributed by atoms with van der Waals surface area (Å²) in [7, 11) is 0. The monoisotopic (exact) mass is 385 g/mol. The normalized spacial score (nSPS) is 17.9. The largest absolute Gasteiger partial charge is 0.504 e. The van der Waals surface area contributed by atoms with Gasteiger partial charge in [0.25, 0.3) is 0 Å². The third-order valence-corrected chi connectivity index (χ3v) is 6.53. The third kappa shape index (κ3) is 3.40. The first-order valence-corrected chi connectivity index (χ1v) is 10.4. The molecule has 0 saturated carbocycles. The number of aryl methyl sites for hydroxylation is 2. The molecular formula is C26H27NO2. The van der Waals surface area contributed by atoms with Crippen LogP contribution in [-0.4, -0.2) is 16.6 Å². The maximum absolute atomic E-state index is 10.6. The Kier molecular flexibility index (Phi) is 4.56. The molecule has 0 radical (unpaired) electrons. The average molecular weight is 386 g/mol. The van der Waals surface area contributed by atoms with E-state index >= 15 is 0 Å². The van der Waals surface area contributed by atoms with Gasteiger partial charge in [-0.15, -0.1) is 0 Å². The Bertz CT molecular complexity index is 1060. The second-order valence-corrected chi connectivity index (χ2v) is 8.44. The zero-order valence-corrected chi connectivity index (χ0v) is 17.1. The summed E-state index contributed by atoms with van der Waals surface area (Å²) in [5.74, 6) is 0.819. The zero-order valence-electron chi connectivity index (χ0n) is 17.1. The van der Waals surface area contributed by atoms with Crippen molar-refractivity contribution in [1.82, 2.24) is 4.90 Å². The van der Waals surface area contributed by atoms with Crippen LogP contribution in [-0.2, 0) is 26.0 Å². The van der Waals surface area contributed by atoms with Gasteiger partial charge in [-0.1, -0.05) is 42.5 Å². The van der Waals surface area contributed by atoms with Crippen molar-refractivity contribution in [3.05, 3.63) is 93.5 Å². The van der Waals surface area contributed by atoms with Gasteiger partial charge in [0.15, 0.2) is 11.5 Å². The fraction of sp³-hybridized carbons (Fsp3) is 0.308. The summed E-state index contributed by atoms with van der Waals surface area (Å²) in [4.78, 5) is 2.58. The highest BCUT2D eigenvalue weighted by Crippen LogP contribution is 2.42. The molecule has 3 aromatic carbocycles. The molecule has 0 bridgehead atoms. The van der Waals surface area contributed by atoms with Crippen molar-refractivity contribution in [3.8, 4) is 11.5 Å². The summed E-state index contributed by atoms with van der Waals surface area (Å²) in [5.41, 5.74) is 9.31. The van der Waals surface area contributed by atoms with Crippen molar-refractivity contribution >= 4 is 0 Å². The van der Waals surface area contributed by atoms with E-state index in [1.165, 1.54) is 33.4 Å². The van der Waals surface area contributed by atoms with Crippen LogP contribution >= 0.6 is 0 Å². The van der Waals surface area contributed by atoms with E-state index in [1.54, 1.807) is 0 Å². The Morgan fingerprint density at radius 1 is 0.966 bits per heavy atom. The number of benzene rings is 3. The highest BCUT2D eigenvalue weighted by molar-refractivity contribution is 5.50. The first-order chi connectivity index (χ1) is 14.1. The molecule has 2 aliphatic rings. The predicted octanol–water partition coefficient (Wildman–Crippen LogP) is 5.24. The number of fused-ring (bicyclic) bond motifs is 4. The van der Waals surface area contributed by atoms with E-state index in [-0.39, 0.29) is 5.75 Å². The molecule has 3 nitrogen and oxygen atoms in total. The van der Waals surface area contributed by atoms with Gasteiger partial charge in [0, 0.05) is 19.1 Å². The molecule has 5 rings (SSSR count). The predicted molar refractivity (Wildman–Crippen MR) is 115 cm³/mol. The molecule has 148 valence electrons. The van der Waals surface area contributed by atoms with E-state index < -0.39 is 0 Å². The second-order valence-electron chi connectivity index (χ2n) is 8.44. The number of nitrogens with zero attached hydrogens (tertiary/aromatic N) is 1. The Hall–Kier alpha value is -2.78. The summed E-state index contributed by atoms with van der Waals surface area (Å²) in [5, 5.41) is 10.6. The van der Waals surface area contributed by atoms with Crippen molar-refractivity contribution in [3.63, 3.8) is 0 Å². The molecule has 1 N–H and O–H groups in total.